The lowest BCUT2D eigenvalue weighted by Crippen LogP contribution is -2.04. The second-order valence-electron chi connectivity index (χ2n) is 1.97. The maximum atomic E-state index is 8.90. The Hall–Kier alpha value is -0.130. The Kier molecular flexibility index (Phi) is 4.59. The lowest BCUT2D eigenvalue weighted by atomic mass is 10.2. The quantitative estimate of drug-likeness (QED) is 0.414. The molecule has 0 heterocycles. The van der Waals surface area contributed by atoms with Crippen molar-refractivity contribution in [3.05, 3.63) is 11.7 Å². The SMILES string of the molecule is CCCC(I)C(O)=C(O)O. The van der Waals surface area contributed by atoms with Gasteiger partial charge in [-0.1, -0.05) is 35.9 Å². The Balaban J connectivity index is 3.94. The molecule has 0 fully saturated rings. The minimum absolute atomic E-state index is 0.187. The molecule has 0 aliphatic rings. The standard InChI is InChI=1S/C6H11IO3/c1-2-3-4(7)5(8)6(9)10/h4,8-10H,2-3H2,1H3. The molecule has 1 unspecified atom stereocenters. The summed E-state index contributed by atoms with van der Waals surface area (Å²) in [6, 6.07) is 0. The highest BCUT2D eigenvalue weighted by molar-refractivity contribution is 14.1. The van der Waals surface area contributed by atoms with Crippen LogP contribution in [0.3, 0.4) is 0 Å². The Labute approximate surface area is 73.5 Å². The van der Waals surface area contributed by atoms with Crippen molar-refractivity contribution in [3.8, 4) is 0 Å². The average Bonchev–Trinajstić information content (AvgIpc) is 1.87. The van der Waals surface area contributed by atoms with E-state index < -0.39 is 5.95 Å². The summed E-state index contributed by atoms with van der Waals surface area (Å²) < 4.78 is -0.187. The first-order chi connectivity index (χ1) is 4.59. The second kappa shape index (κ2) is 4.65. The first-order valence-electron chi connectivity index (χ1n) is 3.04. The van der Waals surface area contributed by atoms with Crippen LogP contribution < -0.4 is 0 Å². The molecule has 0 saturated carbocycles. The molecule has 10 heavy (non-hydrogen) atoms. The van der Waals surface area contributed by atoms with Crippen molar-refractivity contribution in [1.82, 2.24) is 0 Å². The van der Waals surface area contributed by atoms with Crippen LogP contribution in [0.4, 0.5) is 0 Å². The number of halogens is 1. The minimum atomic E-state index is -0.965. The number of hydrogen-bond donors (Lipinski definition) is 3. The zero-order valence-electron chi connectivity index (χ0n) is 5.71. The van der Waals surface area contributed by atoms with Gasteiger partial charge in [0.15, 0.2) is 5.76 Å². The number of aliphatic hydroxyl groups is 3. The number of alkyl halides is 1. The van der Waals surface area contributed by atoms with Crippen molar-refractivity contribution < 1.29 is 15.3 Å². The van der Waals surface area contributed by atoms with Crippen LogP contribution >= 0.6 is 22.6 Å². The number of allylic oxidation sites excluding steroid dienone is 1. The Morgan fingerprint density at radius 3 is 2.20 bits per heavy atom. The van der Waals surface area contributed by atoms with Gasteiger partial charge in [-0.2, -0.15) is 0 Å². The van der Waals surface area contributed by atoms with Crippen LogP contribution in [0.25, 0.3) is 0 Å². The average molecular weight is 258 g/mol. The van der Waals surface area contributed by atoms with Gasteiger partial charge in [0, 0.05) is 0 Å². The van der Waals surface area contributed by atoms with E-state index in [1.54, 1.807) is 0 Å². The van der Waals surface area contributed by atoms with Gasteiger partial charge in [-0.3, -0.25) is 0 Å². The fourth-order valence-electron chi connectivity index (χ4n) is 0.530. The summed E-state index contributed by atoms with van der Waals surface area (Å²) in [6.45, 7) is 1.97. The molecule has 1 atom stereocenters. The van der Waals surface area contributed by atoms with E-state index in [0.29, 0.717) is 0 Å². The van der Waals surface area contributed by atoms with E-state index in [4.69, 9.17) is 15.3 Å². The topological polar surface area (TPSA) is 60.7 Å². The molecule has 0 aromatic heterocycles. The number of hydrogen-bond acceptors (Lipinski definition) is 3. The van der Waals surface area contributed by atoms with Crippen molar-refractivity contribution in [2.75, 3.05) is 0 Å². The molecule has 60 valence electrons. The summed E-state index contributed by atoms with van der Waals surface area (Å²) in [4.78, 5) is 0. The van der Waals surface area contributed by atoms with E-state index in [0.717, 1.165) is 12.8 Å². The van der Waals surface area contributed by atoms with Crippen LogP contribution in [0.5, 0.6) is 0 Å². The van der Waals surface area contributed by atoms with E-state index in [1.807, 2.05) is 29.5 Å². The van der Waals surface area contributed by atoms with E-state index in [9.17, 15) is 0 Å². The molecule has 0 saturated heterocycles. The molecule has 3 N–H and O–H groups in total. The second-order valence-corrected chi connectivity index (χ2v) is 3.47. The van der Waals surface area contributed by atoms with Crippen molar-refractivity contribution in [1.29, 1.82) is 0 Å². The normalized spacial score (nSPS) is 12.6. The molecule has 0 aromatic carbocycles. The molecule has 0 spiro atoms. The van der Waals surface area contributed by atoms with Gasteiger partial charge in [0.1, 0.15) is 0 Å². The molecule has 3 nitrogen and oxygen atoms in total. The van der Waals surface area contributed by atoms with Crippen LogP contribution in [0.2, 0.25) is 0 Å². The predicted molar refractivity (Wildman–Crippen MR) is 47.6 cm³/mol. The van der Waals surface area contributed by atoms with Crippen LogP contribution in [-0.2, 0) is 0 Å². The van der Waals surface area contributed by atoms with Gasteiger partial charge < -0.3 is 15.3 Å². The summed E-state index contributed by atoms with van der Waals surface area (Å²) in [7, 11) is 0. The zero-order chi connectivity index (χ0) is 8.15. The largest absolute Gasteiger partial charge is 0.505 e. The van der Waals surface area contributed by atoms with Gasteiger partial charge >= 0.3 is 5.95 Å². The molecule has 0 aromatic rings. The number of rotatable bonds is 3. The van der Waals surface area contributed by atoms with Gasteiger partial charge in [0.2, 0.25) is 0 Å². The van der Waals surface area contributed by atoms with Gasteiger partial charge in [-0.05, 0) is 6.42 Å². The first-order valence-corrected chi connectivity index (χ1v) is 4.29. The number of aliphatic hydroxyl groups excluding tert-OH is 2. The Morgan fingerprint density at radius 1 is 1.40 bits per heavy atom. The van der Waals surface area contributed by atoms with E-state index >= 15 is 0 Å². The molecule has 0 radical (unpaired) electrons. The molecule has 4 heteroatoms. The highest BCUT2D eigenvalue weighted by Crippen LogP contribution is 2.17. The molecule has 0 aliphatic carbocycles. The van der Waals surface area contributed by atoms with Crippen LogP contribution in [0, 0.1) is 0 Å². The van der Waals surface area contributed by atoms with Crippen LogP contribution in [0.15, 0.2) is 11.7 Å². The summed E-state index contributed by atoms with van der Waals surface area (Å²) in [6.07, 6.45) is 1.65. The highest BCUT2D eigenvalue weighted by Gasteiger charge is 2.12. The molecule has 0 amide bonds. The summed E-state index contributed by atoms with van der Waals surface area (Å²) >= 11 is 1.95. The van der Waals surface area contributed by atoms with Crippen molar-refractivity contribution in [2.45, 2.75) is 23.7 Å². The first kappa shape index (κ1) is 9.87. The van der Waals surface area contributed by atoms with Gasteiger partial charge in [0.25, 0.3) is 0 Å². The van der Waals surface area contributed by atoms with E-state index in [1.165, 1.54) is 0 Å². The van der Waals surface area contributed by atoms with Crippen LogP contribution in [0.1, 0.15) is 19.8 Å². The predicted octanol–water partition coefficient (Wildman–Crippen LogP) is 2.43. The van der Waals surface area contributed by atoms with E-state index in [-0.39, 0.29) is 9.68 Å². The maximum Gasteiger partial charge on any atom is 0.314 e. The van der Waals surface area contributed by atoms with Crippen molar-refractivity contribution in [3.63, 3.8) is 0 Å². The van der Waals surface area contributed by atoms with E-state index in [2.05, 4.69) is 0 Å². The molecule has 0 rings (SSSR count). The lowest BCUT2D eigenvalue weighted by molar-refractivity contribution is 0.155. The fourth-order valence-corrected chi connectivity index (χ4v) is 1.43. The third-order valence-corrected chi connectivity index (χ3v) is 2.28. The summed E-state index contributed by atoms with van der Waals surface area (Å²) in [5, 5.41) is 25.7. The molecule has 0 aliphatic heterocycles. The van der Waals surface area contributed by atoms with Gasteiger partial charge in [0.05, 0.1) is 3.92 Å². The van der Waals surface area contributed by atoms with Crippen molar-refractivity contribution >= 4 is 22.6 Å². The smallest absolute Gasteiger partial charge is 0.314 e. The van der Waals surface area contributed by atoms with Crippen LogP contribution in [-0.4, -0.2) is 19.2 Å². The zero-order valence-corrected chi connectivity index (χ0v) is 7.87. The maximum absolute atomic E-state index is 8.90. The monoisotopic (exact) mass is 258 g/mol. The summed E-state index contributed by atoms with van der Waals surface area (Å²) in [5.41, 5.74) is 0. The Bertz CT molecular complexity index is 129. The van der Waals surface area contributed by atoms with Crippen molar-refractivity contribution in [2.24, 2.45) is 0 Å². The molecule has 0 bridgehead atoms. The third-order valence-electron chi connectivity index (χ3n) is 1.07. The Morgan fingerprint density at radius 2 is 1.90 bits per heavy atom. The van der Waals surface area contributed by atoms with Gasteiger partial charge in [-0.15, -0.1) is 0 Å². The molecular formula is C6H11IO3. The summed E-state index contributed by atoms with van der Waals surface area (Å²) in [5.74, 6) is -1.30. The molecular weight excluding hydrogens is 247 g/mol. The minimum Gasteiger partial charge on any atom is -0.505 e. The lowest BCUT2D eigenvalue weighted by Gasteiger charge is -2.05. The third kappa shape index (κ3) is 3.14. The van der Waals surface area contributed by atoms with Gasteiger partial charge in [-0.25, -0.2) is 0 Å². The highest BCUT2D eigenvalue weighted by atomic mass is 127. The fraction of sp³-hybridized carbons (Fsp3) is 0.667.